The van der Waals surface area contributed by atoms with E-state index in [1.807, 2.05) is 49.4 Å². The van der Waals surface area contributed by atoms with Gasteiger partial charge in [0.25, 0.3) is 0 Å². The molecule has 1 aromatic heterocycles. The summed E-state index contributed by atoms with van der Waals surface area (Å²) in [7, 11) is 0. The molecule has 2 heterocycles. The smallest absolute Gasteiger partial charge is 0.238 e. The van der Waals surface area contributed by atoms with Crippen molar-refractivity contribution in [2.45, 2.75) is 26.3 Å². The number of anilines is 1. The molecule has 1 amide bonds. The summed E-state index contributed by atoms with van der Waals surface area (Å²) in [6.45, 7) is 5.36. The van der Waals surface area contributed by atoms with Crippen LogP contribution in [0.3, 0.4) is 0 Å². The maximum atomic E-state index is 12.9. The number of hydrogen-bond acceptors (Lipinski definition) is 3. The van der Waals surface area contributed by atoms with Crippen molar-refractivity contribution in [2.24, 2.45) is 0 Å². The number of fused-ring (bicyclic) bond motifs is 1. The van der Waals surface area contributed by atoms with Crippen LogP contribution in [0.1, 0.15) is 33.2 Å². The van der Waals surface area contributed by atoms with E-state index in [4.69, 9.17) is 0 Å². The third-order valence-corrected chi connectivity index (χ3v) is 6.27. The number of hydrogen-bond donors (Lipinski definition) is 1. The molecule has 4 rings (SSSR count). The molecular formula is C23H24N2OS. The molecule has 0 fully saturated rings. The molecule has 3 nitrogen and oxygen atoms in total. The van der Waals surface area contributed by atoms with Crippen molar-refractivity contribution in [3.63, 3.8) is 0 Å². The first-order valence-corrected chi connectivity index (χ1v) is 10.2. The molecule has 0 saturated carbocycles. The molecule has 27 heavy (non-hydrogen) atoms. The van der Waals surface area contributed by atoms with Gasteiger partial charge in [-0.05, 0) is 54.0 Å². The normalized spacial score (nSPS) is 16.7. The van der Waals surface area contributed by atoms with Crippen LogP contribution in [0.15, 0.2) is 60.0 Å². The van der Waals surface area contributed by atoms with Crippen LogP contribution in [0.5, 0.6) is 0 Å². The number of nitrogens with one attached hydrogen (secondary N) is 1. The van der Waals surface area contributed by atoms with Crippen LogP contribution in [0, 0.1) is 13.8 Å². The van der Waals surface area contributed by atoms with Crippen LogP contribution in [0.25, 0.3) is 0 Å². The van der Waals surface area contributed by atoms with E-state index in [-0.39, 0.29) is 11.9 Å². The predicted octanol–water partition coefficient (Wildman–Crippen LogP) is 4.95. The Labute approximate surface area is 164 Å². The molecule has 1 N–H and O–H groups in total. The third-order valence-electron chi connectivity index (χ3n) is 5.27. The van der Waals surface area contributed by atoms with Crippen molar-refractivity contribution in [1.82, 2.24) is 4.90 Å². The van der Waals surface area contributed by atoms with E-state index in [0.29, 0.717) is 6.54 Å². The average Bonchev–Trinajstić information content (AvgIpc) is 3.14. The Morgan fingerprint density at radius 1 is 1.07 bits per heavy atom. The maximum Gasteiger partial charge on any atom is 0.238 e. The summed E-state index contributed by atoms with van der Waals surface area (Å²) in [5.41, 5.74) is 5.73. The molecule has 0 bridgehead atoms. The van der Waals surface area contributed by atoms with E-state index in [0.717, 1.165) is 29.8 Å². The van der Waals surface area contributed by atoms with Gasteiger partial charge in [0.1, 0.15) is 0 Å². The Morgan fingerprint density at radius 3 is 2.56 bits per heavy atom. The summed E-state index contributed by atoms with van der Waals surface area (Å²) in [5, 5.41) is 5.31. The van der Waals surface area contributed by atoms with Gasteiger partial charge in [0, 0.05) is 17.1 Å². The van der Waals surface area contributed by atoms with E-state index in [1.165, 1.54) is 16.0 Å². The number of aryl methyl sites for hydroxylation is 2. The fourth-order valence-corrected chi connectivity index (χ4v) is 4.84. The van der Waals surface area contributed by atoms with E-state index in [1.54, 1.807) is 0 Å². The Hall–Kier alpha value is -2.43. The Kier molecular flexibility index (Phi) is 5.10. The molecular weight excluding hydrogens is 352 g/mol. The largest absolute Gasteiger partial charge is 0.324 e. The lowest BCUT2D eigenvalue weighted by molar-refractivity contribution is -0.117. The first kappa shape index (κ1) is 18.0. The maximum absolute atomic E-state index is 12.9. The molecule has 1 aliphatic rings. The van der Waals surface area contributed by atoms with Crippen LogP contribution in [-0.4, -0.2) is 23.9 Å². The highest BCUT2D eigenvalue weighted by atomic mass is 32.1. The Bertz CT molecular complexity index is 928. The van der Waals surface area contributed by atoms with Crippen LogP contribution in [0.4, 0.5) is 5.69 Å². The van der Waals surface area contributed by atoms with Crippen molar-refractivity contribution in [1.29, 1.82) is 0 Å². The molecule has 3 aromatic rings. The molecule has 1 atom stereocenters. The number of benzene rings is 2. The lowest BCUT2D eigenvalue weighted by Crippen LogP contribution is -2.40. The fraction of sp³-hybridized carbons (Fsp3) is 0.261. The van der Waals surface area contributed by atoms with Crippen LogP contribution in [-0.2, 0) is 11.2 Å². The molecule has 138 valence electrons. The summed E-state index contributed by atoms with van der Waals surface area (Å²) in [5.74, 6) is 0.0482. The number of amides is 1. The molecule has 0 unspecified atom stereocenters. The van der Waals surface area contributed by atoms with E-state index in [9.17, 15) is 4.79 Å². The average molecular weight is 377 g/mol. The summed E-state index contributed by atoms with van der Waals surface area (Å²) in [6.07, 6.45) is 1.01. The van der Waals surface area contributed by atoms with Gasteiger partial charge in [0.2, 0.25) is 5.91 Å². The van der Waals surface area contributed by atoms with Gasteiger partial charge in [-0.15, -0.1) is 11.3 Å². The molecule has 0 spiro atoms. The zero-order chi connectivity index (χ0) is 18.8. The van der Waals surface area contributed by atoms with Crippen LogP contribution in [0.2, 0.25) is 0 Å². The quantitative estimate of drug-likeness (QED) is 0.699. The van der Waals surface area contributed by atoms with Gasteiger partial charge in [0.05, 0.1) is 12.6 Å². The third kappa shape index (κ3) is 3.68. The summed E-state index contributed by atoms with van der Waals surface area (Å²) in [4.78, 5) is 16.6. The second kappa shape index (κ2) is 7.67. The SMILES string of the molecule is Cc1cccc(C)c1NC(=O)CN1CCc2sccc2[C@@H]1c1ccccc1. The van der Waals surface area contributed by atoms with Gasteiger partial charge in [0.15, 0.2) is 0 Å². The lowest BCUT2D eigenvalue weighted by Gasteiger charge is -2.35. The lowest BCUT2D eigenvalue weighted by atomic mass is 9.93. The van der Waals surface area contributed by atoms with E-state index in [2.05, 4.69) is 45.9 Å². The van der Waals surface area contributed by atoms with Crippen molar-refractivity contribution in [3.05, 3.63) is 87.1 Å². The number of para-hydroxylation sites is 1. The van der Waals surface area contributed by atoms with Crippen LogP contribution >= 0.6 is 11.3 Å². The number of nitrogens with zero attached hydrogens (tertiary/aromatic N) is 1. The predicted molar refractivity (Wildman–Crippen MR) is 112 cm³/mol. The molecule has 2 aromatic carbocycles. The minimum Gasteiger partial charge on any atom is -0.324 e. The molecule has 1 aliphatic heterocycles. The molecule has 0 aliphatic carbocycles. The van der Waals surface area contributed by atoms with Crippen molar-refractivity contribution >= 4 is 22.9 Å². The van der Waals surface area contributed by atoms with Crippen molar-refractivity contribution in [2.75, 3.05) is 18.4 Å². The zero-order valence-corrected chi connectivity index (χ0v) is 16.6. The van der Waals surface area contributed by atoms with Gasteiger partial charge < -0.3 is 5.32 Å². The minimum absolute atomic E-state index is 0.0482. The van der Waals surface area contributed by atoms with Gasteiger partial charge in [-0.1, -0.05) is 48.5 Å². The van der Waals surface area contributed by atoms with Gasteiger partial charge in [-0.2, -0.15) is 0 Å². The number of rotatable bonds is 4. The molecule has 0 radical (unpaired) electrons. The Balaban J connectivity index is 1.58. The van der Waals surface area contributed by atoms with Crippen LogP contribution < -0.4 is 5.32 Å². The first-order valence-electron chi connectivity index (χ1n) is 9.35. The fourth-order valence-electron chi connectivity index (χ4n) is 3.94. The number of carbonyl (C=O) groups is 1. The van der Waals surface area contributed by atoms with E-state index >= 15 is 0 Å². The van der Waals surface area contributed by atoms with Crippen molar-refractivity contribution < 1.29 is 4.79 Å². The first-order chi connectivity index (χ1) is 13.1. The molecule has 4 heteroatoms. The topological polar surface area (TPSA) is 32.3 Å². The minimum atomic E-state index is 0.0482. The highest BCUT2D eigenvalue weighted by Gasteiger charge is 2.30. The number of thiophene rings is 1. The second-order valence-electron chi connectivity index (χ2n) is 7.15. The summed E-state index contributed by atoms with van der Waals surface area (Å²) < 4.78 is 0. The van der Waals surface area contributed by atoms with Gasteiger partial charge >= 0.3 is 0 Å². The second-order valence-corrected chi connectivity index (χ2v) is 8.15. The standard InChI is InChI=1S/C23H24N2OS/c1-16-7-6-8-17(2)22(16)24-21(26)15-25-13-11-20-19(12-14-27-20)23(25)18-9-4-3-5-10-18/h3-10,12,14,23H,11,13,15H2,1-2H3,(H,24,26)/t23-/m0/s1. The van der Waals surface area contributed by atoms with Crippen molar-refractivity contribution in [3.8, 4) is 0 Å². The highest BCUT2D eigenvalue weighted by molar-refractivity contribution is 7.10. The zero-order valence-electron chi connectivity index (χ0n) is 15.7. The summed E-state index contributed by atoms with van der Waals surface area (Å²) in [6, 6.07) is 19.0. The van der Waals surface area contributed by atoms with Gasteiger partial charge in [-0.3, -0.25) is 9.69 Å². The molecule has 0 saturated heterocycles. The summed E-state index contributed by atoms with van der Waals surface area (Å²) >= 11 is 1.82. The monoisotopic (exact) mass is 376 g/mol. The number of carbonyl (C=O) groups excluding carboxylic acids is 1. The Morgan fingerprint density at radius 2 is 1.81 bits per heavy atom. The van der Waals surface area contributed by atoms with E-state index < -0.39 is 0 Å². The highest BCUT2D eigenvalue weighted by Crippen LogP contribution is 2.37. The van der Waals surface area contributed by atoms with Gasteiger partial charge in [-0.25, -0.2) is 0 Å².